The van der Waals surface area contributed by atoms with Crippen molar-refractivity contribution in [3.8, 4) is 0 Å². The Kier molecular flexibility index (Phi) is 6.12. The molecule has 0 saturated heterocycles. The molecule has 3 unspecified atom stereocenters. The summed E-state index contributed by atoms with van der Waals surface area (Å²) in [6, 6.07) is 0. The van der Waals surface area contributed by atoms with Crippen LogP contribution in [0.1, 0.15) is 39.0 Å². The van der Waals surface area contributed by atoms with Crippen molar-refractivity contribution < 1.29 is 19.4 Å². The first-order valence-corrected chi connectivity index (χ1v) is 6.57. The molecule has 1 amide bonds. The van der Waals surface area contributed by atoms with Crippen molar-refractivity contribution >= 4 is 11.9 Å². The van der Waals surface area contributed by atoms with Gasteiger partial charge < -0.3 is 15.2 Å². The van der Waals surface area contributed by atoms with Gasteiger partial charge in [-0.2, -0.15) is 0 Å². The molecule has 1 aliphatic carbocycles. The fraction of sp³-hybridized carbons (Fsp3) is 0.846. The molecule has 1 saturated carbocycles. The molecule has 0 heterocycles. The summed E-state index contributed by atoms with van der Waals surface area (Å²) in [4.78, 5) is 22.6. The number of hydrogen-bond acceptors (Lipinski definition) is 3. The van der Waals surface area contributed by atoms with Crippen molar-refractivity contribution in [3.63, 3.8) is 0 Å². The van der Waals surface area contributed by atoms with Crippen molar-refractivity contribution in [1.29, 1.82) is 0 Å². The SMILES string of the molecule is COC(C)CCC(=O)NCC1CCCC1C(=O)O. The van der Waals surface area contributed by atoms with Gasteiger partial charge in [0.15, 0.2) is 0 Å². The topological polar surface area (TPSA) is 75.6 Å². The summed E-state index contributed by atoms with van der Waals surface area (Å²) in [5.74, 6) is -0.954. The highest BCUT2D eigenvalue weighted by Gasteiger charge is 2.32. The molecule has 1 fully saturated rings. The monoisotopic (exact) mass is 257 g/mol. The van der Waals surface area contributed by atoms with Gasteiger partial charge in [0.05, 0.1) is 12.0 Å². The minimum atomic E-state index is -0.736. The number of carboxylic acid groups (broad SMARTS) is 1. The van der Waals surface area contributed by atoms with Crippen molar-refractivity contribution in [2.24, 2.45) is 11.8 Å². The summed E-state index contributed by atoms with van der Waals surface area (Å²) in [6.45, 7) is 2.40. The highest BCUT2D eigenvalue weighted by atomic mass is 16.5. The summed E-state index contributed by atoms with van der Waals surface area (Å²) < 4.78 is 5.07. The maximum absolute atomic E-state index is 11.6. The highest BCUT2D eigenvalue weighted by Crippen LogP contribution is 2.31. The molecule has 0 aromatic carbocycles. The van der Waals surface area contributed by atoms with Crippen LogP contribution in [0, 0.1) is 11.8 Å². The fourth-order valence-electron chi connectivity index (χ4n) is 2.39. The van der Waals surface area contributed by atoms with Crippen LogP contribution in [0.3, 0.4) is 0 Å². The molecule has 104 valence electrons. The summed E-state index contributed by atoms with van der Waals surface area (Å²) in [7, 11) is 1.62. The average molecular weight is 257 g/mol. The van der Waals surface area contributed by atoms with Crippen LogP contribution in [0.4, 0.5) is 0 Å². The molecule has 3 atom stereocenters. The maximum atomic E-state index is 11.6. The maximum Gasteiger partial charge on any atom is 0.306 e. The van der Waals surface area contributed by atoms with Crippen LogP contribution in [0.25, 0.3) is 0 Å². The molecule has 0 aromatic heterocycles. The summed E-state index contributed by atoms with van der Waals surface area (Å²) in [5, 5.41) is 11.9. The lowest BCUT2D eigenvalue weighted by molar-refractivity contribution is -0.143. The van der Waals surface area contributed by atoms with E-state index in [1.165, 1.54) is 0 Å². The molecule has 2 N–H and O–H groups in total. The number of aliphatic carboxylic acids is 1. The van der Waals surface area contributed by atoms with Gasteiger partial charge in [0.25, 0.3) is 0 Å². The lowest BCUT2D eigenvalue weighted by Gasteiger charge is -2.16. The van der Waals surface area contributed by atoms with E-state index in [4.69, 9.17) is 9.84 Å². The van der Waals surface area contributed by atoms with E-state index in [0.717, 1.165) is 19.3 Å². The van der Waals surface area contributed by atoms with E-state index in [0.29, 0.717) is 19.4 Å². The molecule has 1 rings (SSSR count). The number of amides is 1. The van der Waals surface area contributed by atoms with Gasteiger partial charge in [-0.3, -0.25) is 9.59 Å². The Morgan fingerprint density at radius 2 is 2.17 bits per heavy atom. The third kappa shape index (κ3) is 4.64. The predicted octanol–water partition coefficient (Wildman–Crippen LogP) is 1.42. The van der Waals surface area contributed by atoms with Crippen molar-refractivity contribution in [2.45, 2.75) is 45.1 Å². The third-order valence-corrected chi connectivity index (χ3v) is 3.72. The predicted molar refractivity (Wildman–Crippen MR) is 67.2 cm³/mol. The molecule has 18 heavy (non-hydrogen) atoms. The van der Waals surface area contributed by atoms with E-state index < -0.39 is 5.97 Å². The van der Waals surface area contributed by atoms with E-state index in [9.17, 15) is 9.59 Å². The zero-order valence-electron chi connectivity index (χ0n) is 11.1. The van der Waals surface area contributed by atoms with Crippen molar-refractivity contribution in [1.82, 2.24) is 5.32 Å². The number of ether oxygens (including phenoxy) is 1. The third-order valence-electron chi connectivity index (χ3n) is 3.72. The van der Waals surface area contributed by atoms with E-state index in [2.05, 4.69) is 5.32 Å². The Bertz CT molecular complexity index is 293. The number of carbonyl (C=O) groups excluding carboxylic acids is 1. The second-order valence-corrected chi connectivity index (χ2v) is 5.02. The van der Waals surface area contributed by atoms with Crippen LogP contribution in [0.2, 0.25) is 0 Å². The second kappa shape index (κ2) is 7.36. The Labute approximate surface area is 108 Å². The first kappa shape index (κ1) is 15.0. The van der Waals surface area contributed by atoms with Crippen molar-refractivity contribution in [3.05, 3.63) is 0 Å². The molecular formula is C13H23NO4. The van der Waals surface area contributed by atoms with E-state index in [1.807, 2.05) is 6.92 Å². The highest BCUT2D eigenvalue weighted by molar-refractivity contribution is 5.76. The normalized spacial score (nSPS) is 24.8. The van der Waals surface area contributed by atoms with Crippen LogP contribution in [-0.4, -0.2) is 36.7 Å². The lowest BCUT2D eigenvalue weighted by atomic mass is 9.96. The van der Waals surface area contributed by atoms with Gasteiger partial charge in [-0.15, -0.1) is 0 Å². The molecule has 0 aliphatic heterocycles. The fourth-order valence-corrected chi connectivity index (χ4v) is 2.39. The number of nitrogens with one attached hydrogen (secondary N) is 1. The molecule has 0 aromatic rings. The number of carbonyl (C=O) groups is 2. The van der Waals surface area contributed by atoms with Crippen LogP contribution in [0.15, 0.2) is 0 Å². The van der Waals surface area contributed by atoms with Crippen molar-refractivity contribution in [2.75, 3.05) is 13.7 Å². The minimum Gasteiger partial charge on any atom is -0.481 e. The van der Waals surface area contributed by atoms with E-state index >= 15 is 0 Å². The molecule has 0 spiro atoms. The molecule has 5 nitrogen and oxygen atoms in total. The van der Waals surface area contributed by atoms with Gasteiger partial charge >= 0.3 is 5.97 Å². The number of methoxy groups -OCH3 is 1. The molecular weight excluding hydrogens is 234 g/mol. The standard InChI is InChI=1S/C13H23NO4/c1-9(18-2)6-7-12(15)14-8-10-4-3-5-11(10)13(16)17/h9-11H,3-8H2,1-2H3,(H,14,15)(H,16,17). The van der Waals surface area contributed by atoms with Gasteiger partial charge in [-0.1, -0.05) is 6.42 Å². The quantitative estimate of drug-likeness (QED) is 0.723. The Balaban J connectivity index is 2.23. The largest absolute Gasteiger partial charge is 0.481 e. The molecule has 0 bridgehead atoms. The van der Waals surface area contributed by atoms with Crippen LogP contribution < -0.4 is 5.32 Å². The number of hydrogen-bond donors (Lipinski definition) is 2. The van der Waals surface area contributed by atoms with E-state index in [1.54, 1.807) is 7.11 Å². The molecule has 0 radical (unpaired) electrons. The summed E-state index contributed by atoms with van der Waals surface area (Å²) in [5.41, 5.74) is 0. The van der Waals surface area contributed by atoms with Gasteiger partial charge in [0.2, 0.25) is 5.91 Å². The van der Waals surface area contributed by atoms with Gasteiger partial charge in [0, 0.05) is 20.1 Å². The Morgan fingerprint density at radius 3 is 2.78 bits per heavy atom. The van der Waals surface area contributed by atoms with Crippen LogP contribution >= 0.6 is 0 Å². The second-order valence-electron chi connectivity index (χ2n) is 5.02. The lowest BCUT2D eigenvalue weighted by Crippen LogP contribution is -2.33. The summed E-state index contributed by atoms with van der Waals surface area (Å²) >= 11 is 0. The Morgan fingerprint density at radius 1 is 1.44 bits per heavy atom. The first-order valence-electron chi connectivity index (χ1n) is 6.57. The average Bonchev–Trinajstić information content (AvgIpc) is 2.81. The smallest absolute Gasteiger partial charge is 0.306 e. The molecule has 5 heteroatoms. The number of rotatable bonds is 7. The van der Waals surface area contributed by atoms with Gasteiger partial charge in [-0.25, -0.2) is 0 Å². The van der Waals surface area contributed by atoms with Gasteiger partial charge in [0.1, 0.15) is 0 Å². The van der Waals surface area contributed by atoms with E-state index in [-0.39, 0.29) is 23.8 Å². The molecule has 1 aliphatic rings. The van der Waals surface area contributed by atoms with Gasteiger partial charge in [-0.05, 0) is 32.1 Å². The zero-order valence-corrected chi connectivity index (χ0v) is 11.1. The van der Waals surface area contributed by atoms with Crippen LogP contribution in [-0.2, 0) is 14.3 Å². The number of carboxylic acids is 1. The first-order chi connectivity index (χ1) is 8.54. The summed E-state index contributed by atoms with van der Waals surface area (Å²) in [6.07, 6.45) is 3.77. The zero-order chi connectivity index (χ0) is 13.5. The minimum absolute atomic E-state index is 0.0186. The Hall–Kier alpha value is -1.10. The van der Waals surface area contributed by atoms with Crippen LogP contribution in [0.5, 0.6) is 0 Å².